The van der Waals surface area contributed by atoms with Gasteiger partial charge in [-0.1, -0.05) is 12.1 Å². The van der Waals surface area contributed by atoms with E-state index in [0.29, 0.717) is 11.4 Å². The number of aromatic hydroxyl groups is 1. The van der Waals surface area contributed by atoms with E-state index in [2.05, 4.69) is 10.2 Å². The second-order valence-electron chi connectivity index (χ2n) is 2.78. The highest BCUT2D eigenvalue weighted by molar-refractivity contribution is 5.98. The Hall–Kier alpha value is -2.04. The first kappa shape index (κ1) is 10.0. The summed E-state index contributed by atoms with van der Waals surface area (Å²) < 4.78 is 0. The van der Waals surface area contributed by atoms with Crippen LogP contribution in [0.5, 0.6) is 5.75 Å². The third kappa shape index (κ3) is 2.78. The molecule has 0 aliphatic carbocycles. The van der Waals surface area contributed by atoms with Crippen molar-refractivity contribution in [1.82, 2.24) is 0 Å². The predicted octanol–water partition coefficient (Wildman–Crippen LogP) is 0.390. The topological polar surface area (TPSA) is 97.0 Å². The first-order valence-electron chi connectivity index (χ1n) is 4.02. The van der Waals surface area contributed by atoms with Crippen LogP contribution in [0, 0.1) is 0 Å². The lowest BCUT2D eigenvalue weighted by Crippen LogP contribution is -2.13. The van der Waals surface area contributed by atoms with Gasteiger partial charge in [0.05, 0.1) is 0 Å². The fraction of sp³-hybridized carbons (Fsp3) is 0.111. The highest BCUT2D eigenvalue weighted by Gasteiger charge is 1.98. The molecule has 74 valence electrons. The molecule has 0 atom stereocenters. The van der Waals surface area contributed by atoms with Crippen molar-refractivity contribution >= 4 is 11.7 Å². The van der Waals surface area contributed by atoms with E-state index >= 15 is 0 Å². The number of nitrogens with two attached hydrogens (primary N) is 2. The molecule has 5 N–H and O–H groups in total. The Labute approximate surface area is 81.8 Å². The van der Waals surface area contributed by atoms with Crippen molar-refractivity contribution in [1.29, 1.82) is 0 Å². The standard InChI is InChI=1S/C9H12N4O/c1-6(10)12-13-9(11)7-3-2-4-8(14)5-7/h2-5,14H,1H3,(H2,10,12)(H2,11,13). The molecule has 0 heterocycles. The van der Waals surface area contributed by atoms with Crippen molar-refractivity contribution in [2.75, 3.05) is 0 Å². The molecular formula is C9H12N4O. The maximum absolute atomic E-state index is 9.17. The molecule has 0 radical (unpaired) electrons. The summed E-state index contributed by atoms with van der Waals surface area (Å²) in [4.78, 5) is 0. The molecule has 0 bridgehead atoms. The van der Waals surface area contributed by atoms with Crippen LogP contribution in [-0.4, -0.2) is 16.8 Å². The van der Waals surface area contributed by atoms with Gasteiger partial charge in [-0.25, -0.2) is 0 Å². The van der Waals surface area contributed by atoms with Crippen LogP contribution in [0.2, 0.25) is 0 Å². The zero-order valence-corrected chi connectivity index (χ0v) is 7.81. The number of rotatable bonds is 2. The number of hydrogen-bond acceptors (Lipinski definition) is 3. The lowest BCUT2D eigenvalue weighted by Gasteiger charge is -1.98. The van der Waals surface area contributed by atoms with Gasteiger partial charge in [-0.15, -0.1) is 10.2 Å². The Bertz CT molecular complexity index is 380. The van der Waals surface area contributed by atoms with Gasteiger partial charge in [0, 0.05) is 5.56 Å². The van der Waals surface area contributed by atoms with E-state index in [9.17, 15) is 0 Å². The molecule has 0 aliphatic rings. The molecule has 5 heteroatoms. The van der Waals surface area contributed by atoms with Gasteiger partial charge in [0.15, 0.2) is 5.84 Å². The molecule has 5 nitrogen and oxygen atoms in total. The zero-order valence-electron chi connectivity index (χ0n) is 7.81. The quantitative estimate of drug-likeness (QED) is 0.359. The summed E-state index contributed by atoms with van der Waals surface area (Å²) in [6.07, 6.45) is 0. The Morgan fingerprint density at radius 3 is 2.57 bits per heavy atom. The van der Waals surface area contributed by atoms with Crippen molar-refractivity contribution in [3.05, 3.63) is 29.8 Å². The number of nitrogens with zero attached hydrogens (tertiary/aromatic N) is 2. The van der Waals surface area contributed by atoms with Gasteiger partial charge in [-0.3, -0.25) is 0 Å². The number of benzene rings is 1. The second-order valence-corrected chi connectivity index (χ2v) is 2.78. The SMILES string of the molecule is C/C(N)=N/N=C(\N)c1cccc(O)c1. The maximum atomic E-state index is 9.17. The van der Waals surface area contributed by atoms with E-state index < -0.39 is 0 Å². The van der Waals surface area contributed by atoms with Crippen LogP contribution >= 0.6 is 0 Å². The molecule has 0 saturated heterocycles. The van der Waals surface area contributed by atoms with Crippen molar-refractivity contribution < 1.29 is 5.11 Å². The summed E-state index contributed by atoms with van der Waals surface area (Å²) in [6.45, 7) is 1.61. The first-order valence-corrected chi connectivity index (χ1v) is 4.02. The molecule has 0 fully saturated rings. The summed E-state index contributed by atoms with van der Waals surface area (Å²) in [5.74, 6) is 0.674. The molecule has 1 aromatic carbocycles. The maximum Gasteiger partial charge on any atom is 0.153 e. The molecule has 14 heavy (non-hydrogen) atoms. The third-order valence-electron chi connectivity index (χ3n) is 1.46. The van der Waals surface area contributed by atoms with Crippen molar-refractivity contribution in [2.24, 2.45) is 21.7 Å². The monoisotopic (exact) mass is 192 g/mol. The fourth-order valence-electron chi connectivity index (χ4n) is 0.856. The van der Waals surface area contributed by atoms with Crippen LogP contribution in [0.3, 0.4) is 0 Å². The number of phenolic OH excluding ortho intramolecular Hbond substituents is 1. The Kier molecular flexibility index (Phi) is 3.06. The van der Waals surface area contributed by atoms with Gasteiger partial charge in [-0.2, -0.15) is 0 Å². The largest absolute Gasteiger partial charge is 0.508 e. The Morgan fingerprint density at radius 1 is 1.29 bits per heavy atom. The summed E-state index contributed by atoms with van der Waals surface area (Å²) in [5.41, 5.74) is 11.5. The van der Waals surface area contributed by atoms with Crippen LogP contribution in [-0.2, 0) is 0 Å². The minimum atomic E-state index is 0.133. The zero-order chi connectivity index (χ0) is 10.6. The molecule has 1 aromatic rings. The van der Waals surface area contributed by atoms with Crippen LogP contribution in [0.4, 0.5) is 0 Å². The molecular weight excluding hydrogens is 180 g/mol. The highest BCUT2D eigenvalue weighted by atomic mass is 16.3. The number of hydrogen-bond donors (Lipinski definition) is 3. The molecule has 0 aliphatic heterocycles. The van der Waals surface area contributed by atoms with Gasteiger partial charge >= 0.3 is 0 Å². The number of amidine groups is 2. The van der Waals surface area contributed by atoms with Crippen LogP contribution in [0.25, 0.3) is 0 Å². The van der Waals surface area contributed by atoms with E-state index in [4.69, 9.17) is 16.6 Å². The fourth-order valence-corrected chi connectivity index (χ4v) is 0.856. The van der Waals surface area contributed by atoms with Gasteiger partial charge in [-0.05, 0) is 19.1 Å². The average Bonchev–Trinajstić information content (AvgIpc) is 2.14. The molecule has 0 spiro atoms. The van der Waals surface area contributed by atoms with E-state index in [1.165, 1.54) is 6.07 Å². The lowest BCUT2D eigenvalue weighted by atomic mass is 10.2. The minimum absolute atomic E-state index is 0.133. The second kappa shape index (κ2) is 4.27. The Morgan fingerprint density at radius 2 is 2.00 bits per heavy atom. The van der Waals surface area contributed by atoms with Gasteiger partial charge < -0.3 is 16.6 Å². The third-order valence-corrected chi connectivity index (χ3v) is 1.46. The van der Waals surface area contributed by atoms with Crippen molar-refractivity contribution in [3.63, 3.8) is 0 Å². The highest BCUT2D eigenvalue weighted by Crippen LogP contribution is 2.10. The van der Waals surface area contributed by atoms with Crippen LogP contribution in [0.1, 0.15) is 12.5 Å². The Balaban J connectivity index is 2.95. The smallest absolute Gasteiger partial charge is 0.153 e. The lowest BCUT2D eigenvalue weighted by molar-refractivity contribution is 0.475. The van der Waals surface area contributed by atoms with Crippen molar-refractivity contribution in [3.8, 4) is 5.75 Å². The van der Waals surface area contributed by atoms with Gasteiger partial charge in [0.2, 0.25) is 0 Å². The molecule has 0 aromatic heterocycles. The van der Waals surface area contributed by atoms with E-state index in [0.717, 1.165) is 0 Å². The minimum Gasteiger partial charge on any atom is -0.508 e. The number of phenols is 1. The van der Waals surface area contributed by atoms with Crippen molar-refractivity contribution in [2.45, 2.75) is 6.92 Å². The summed E-state index contributed by atoms with van der Waals surface area (Å²) >= 11 is 0. The van der Waals surface area contributed by atoms with Crippen LogP contribution < -0.4 is 11.5 Å². The molecule has 0 amide bonds. The van der Waals surface area contributed by atoms with E-state index in [1.54, 1.807) is 25.1 Å². The predicted molar refractivity (Wildman–Crippen MR) is 56.1 cm³/mol. The molecule has 0 unspecified atom stereocenters. The first-order chi connectivity index (χ1) is 6.59. The summed E-state index contributed by atoms with van der Waals surface area (Å²) in [5, 5.41) is 16.5. The van der Waals surface area contributed by atoms with E-state index in [-0.39, 0.29) is 11.6 Å². The van der Waals surface area contributed by atoms with E-state index in [1.807, 2.05) is 0 Å². The van der Waals surface area contributed by atoms with Crippen LogP contribution in [0.15, 0.2) is 34.5 Å². The summed E-state index contributed by atoms with van der Waals surface area (Å²) in [7, 11) is 0. The molecule has 1 rings (SSSR count). The van der Waals surface area contributed by atoms with Gasteiger partial charge in [0.25, 0.3) is 0 Å². The normalized spacial score (nSPS) is 12.9. The molecule has 0 saturated carbocycles. The average molecular weight is 192 g/mol. The van der Waals surface area contributed by atoms with Gasteiger partial charge in [0.1, 0.15) is 11.6 Å². The summed E-state index contributed by atoms with van der Waals surface area (Å²) in [6, 6.07) is 6.44.